The van der Waals surface area contributed by atoms with Gasteiger partial charge in [0, 0.05) is 27.4 Å². The molecule has 3 aromatic rings. The third-order valence-corrected chi connectivity index (χ3v) is 4.43. The number of hydrazone groups is 1. The molecular weight excluding hydrogens is 415 g/mol. The van der Waals surface area contributed by atoms with E-state index in [4.69, 9.17) is 32.7 Å². The fraction of sp³-hybridized carbons (Fsp3) is 0.150. The van der Waals surface area contributed by atoms with Gasteiger partial charge in [-0.15, -0.1) is 0 Å². The number of methoxy groups -OCH3 is 1. The quantitative estimate of drug-likeness (QED) is 0.426. The number of nitrogens with one attached hydrogen (secondary N) is 2. The molecule has 29 heavy (non-hydrogen) atoms. The van der Waals surface area contributed by atoms with E-state index in [1.54, 1.807) is 44.5 Å². The van der Waals surface area contributed by atoms with Crippen LogP contribution in [0, 0.1) is 6.92 Å². The standard InChI is InChI=1S/C20H18Cl2N4O3/c1-12-7-19(27)25-20(24-12)26-23-10-13-3-6-17(28-2)18(8-13)29-11-14-4-5-15(21)9-16(14)22/h3-10H,11H2,1-2H3,(H2,24,25,26,27)/b23-10+. The molecule has 0 bridgehead atoms. The second kappa shape index (κ2) is 9.45. The number of benzene rings is 2. The van der Waals surface area contributed by atoms with Crippen LogP contribution in [0.2, 0.25) is 10.0 Å². The van der Waals surface area contributed by atoms with Crippen molar-refractivity contribution < 1.29 is 9.47 Å². The molecule has 0 aliphatic heterocycles. The van der Waals surface area contributed by atoms with Crippen molar-refractivity contribution in [2.45, 2.75) is 13.5 Å². The normalized spacial score (nSPS) is 10.9. The second-order valence-corrected chi connectivity index (χ2v) is 6.88. The van der Waals surface area contributed by atoms with Gasteiger partial charge in [0.25, 0.3) is 5.56 Å². The number of hydrogen-bond acceptors (Lipinski definition) is 6. The van der Waals surface area contributed by atoms with Crippen LogP contribution in [0.15, 0.2) is 52.4 Å². The van der Waals surface area contributed by atoms with Crippen LogP contribution in [0.5, 0.6) is 11.5 Å². The average molecular weight is 433 g/mol. The maximum atomic E-state index is 11.5. The first-order chi connectivity index (χ1) is 13.9. The van der Waals surface area contributed by atoms with Crippen molar-refractivity contribution in [2.75, 3.05) is 12.5 Å². The van der Waals surface area contributed by atoms with Gasteiger partial charge in [-0.25, -0.2) is 10.4 Å². The van der Waals surface area contributed by atoms with Gasteiger partial charge in [-0.1, -0.05) is 29.3 Å². The number of anilines is 1. The number of aryl methyl sites for hydroxylation is 1. The van der Waals surface area contributed by atoms with Crippen molar-refractivity contribution >= 4 is 35.4 Å². The Morgan fingerprint density at radius 3 is 2.72 bits per heavy atom. The summed E-state index contributed by atoms with van der Waals surface area (Å²) in [4.78, 5) is 18.2. The minimum absolute atomic E-state index is 0.250. The summed E-state index contributed by atoms with van der Waals surface area (Å²) >= 11 is 12.1. The highest BCUT2D eigenvalue weighted by Gasteiger charge is 2.08. The van der Waals surface area contributed by atoms with Gasteiger partial charge < -0.3 is 9.47 Å². The van der Waals surface area contributed by atoms with Gasteiger partial charge in [0.15, 0.2) is 11.5 Å². The van der Waals surface area contributed by atoms with Crippen LogP contribution in [0.25, 0.3) is 0 Å². The van der Waals surface area contributed by atoms with E-state index in [1.165, 1.54) is 6.07 Å². The number of ether oxygens (including phenoxy) is 2. The lowest BCUT2D eigenvalue weighted by Crippen LogP contribution is -2.10. The maximum absolute atomic E-state index is 11.5. The predicted octanol–water partition coefficient (Wildman–Crippen LogP) is 4.42. The average Bonchev–Trinajstić information content (AvgIpc) is 2.67. The van der Waals surface area contributed by atoms with Gasteiger partial charge in [-0.2, -0.15) is 5.10 Å². The summed E-state index contributed by atoms with van der Waals surface area (Å²) in [5.74, 6) is 1.36. The maximum Gasteiger partial charge on any atom is 0.252 e. The molecule has 1 aromatic heterocycles. The third kappa shape index (κ3) is 5.73. The molecule has 0 unspecified atom stereocenters. The van der Waals surface area contributed by atoms with Gasteiger partial charge >= 0.3 is 0 Å². The molecule has 2 N–H and O–H groups in total. The van der Waals surface area contributed by atoms with Crippen molar-refractivity contribution in [1.29, 1.82) is 0 Å². The molecule has 150 valence electrons. The van der Waals surface area contributed by atoms with E-state index in [9.17, 15) is 4.79 Å². The highest BCUT2D eigenvalue weighted by atomic mass is 35.5. The van der Waals surface area contributed by atoms with Crippen molar-refractivity contribution in [3.05, 3.63) is 79.7 Å². The number of H-pyrrole nitrogens is 1. The Hall–Kier alpha value is -3.03. The Morgan fingerprint density at radius 2 is 2.00 bits per heavy atom. The fourth-order valence-electron chi connectivity index (χ4n) is 2.48. The molecule has 0 radical (unpaired) electrons. The number of hydrogen-bond donors (Lipinski definition) is 2. The zero-order valence-electron chi connectivity index (χ0n) is 15.7. The first-order valence-corrected chi connectivity index (χ1v) is 9.32. The van der Waals surface area contributed by atoms with Crippen LogP contribution in [0.4, 0.5) is 5.95 Å². The molecule has 0 atom stereocenters. The predicted molar refractivity (Wildman–Crippen MR) is 115 cm³/mol. The highest BCUT2D eigenvalue weighted by Crippen LogP contribution is 2.29. The van der Waals surface area contributed by atoms with Gasteiger partial charge in [-0.3, -0.25) is 9.78 Å². The Labute approximate surface area is 177 Å². The molecule has 7 nitrogen and oxygen atoms in total. The SMILES string of the molecule is COc1ccc(/C=N/Nc2nc(C)cc(=O)[nH]2)cc1OCc1ccc(Cl)cc1Cl. The molecule has 0 saturated heterocycles. The van der Waals surface area contributed by atoms with Gasteiger partial charge in [-0.05, 0) is 42.8 Å². The minimum atomic E-state index is -0.254. The third-order valence-electron chi connectivity index (χ3n) is 3.84. The molecule has 9 heteroatoms. The largest absolute Gasteiger partial charge is 0.493 e. The van der Waals surface area contributed by atoms with Crippen LogP contribution in [-0.2, 0) is 6.61 Å². The lowest BCUT2D eigenvalue weighted by Gasteiger charge is -2.12. The summed E-state index contributed by atoms with van der Waals surface area (Å²) < 4.78 is 11.2. The smallest absolute Gasteiger partial charge is 0.252 e. The molecule has 2 aromatic carbocycles. The zero-order valence-corrected chi connectivity index (χ0v) is 17.2. The summed E-state index contributed by atoms with van der Waals surface area (Å²) in [6.07, 6.45) is 1.57. The summed E-state index contributed by atoms with van der Waals surface area (Å²) in [5, 5.41) is 5.18. The van der Waals surface area contributed by atoms with Crippen LogP contribution < -0.4 is 20.5 Å². The summed E-state index contributed by atoms with van der Waals surface area (Å²) in [5.41, 5.74) is 4.59. The summed E-state index contributed by atoms with van der Waals surface area (Å²) in [6.45, 7) is 1.98. The van der Waals surface area contributed by atoms with Crippen LogP contribution in [0.3, 0.4) is 0 Å². The molecule has 0 aliphatic rings. The van der Waals surface area contributed by atoms with Crippen molar-refractivity contribution in [3.63, 3.8) is 0 Å². The lowest BCUT2D eigenvalue weighted by atomic mass is 10.2. The van der Waals surface area contributed by atoms with Crippen molar-refractivity contribution in [1.82, 2.24) is 9.97 Å². The topological polar surface area (TPSA) is 88.6 Å². The number of nitrogens with zero attached hydrogens (tertiary/aromatic N) is 2. The van der Waals surface area contributed by atoms with E-state index in [0.717, 1.165) is 11.1 Å². The first-order valence-electron chi connectivity index (χ1n) is 8.56. The Kier molecular flexibility index (Phi) is 6.74. The van der Waals surface area contributed by atoms with E-state index in [1.807, 2.05) is 12.1 Å². The van der Waals surface area contributed by atoms with Gasteiger partial charge in [0.05, 0.1) is 13.3 Å². The Balaban J connectivity index is 1.73. The molecule has 0 fully saturated rings. The minimum Gasteiger partial charge on any atom is -0.493 e. The van der Waals surface area contributed by atoms with Gasteiger partial charge in [0.2, 0.25) is 5.95 Å². The molecule has 0 saturated carbocycles. The number of aromatic amines is 1. The zero-order chi connectivity index (χ0) is 20.8. The monoisotopic (exact) mass is 432 g/mol. The lowest BCUT2D eigenvalue weighted by molar-refractivity contribution is 0.284. The first kappa shape index (κ1) is 20.7. The molecular formula is C20H18Cl2N4O3. The number of rotatable bonds is 7. The fourth-order valence-corrected chi connectivity index (χ4v) is 2.94. The Morgan fingerprint density at radius 1 is 1.17 bits per heavy atom. The molecule has 0 aliphatic carbocycles. The number of aromatic nitrogens is 2. The summed E-state index contributed by atoms with van der Waals surface area (Å²) in [7, 11) is 1.56. The summed E-state index contributed by atoms with van der Waals surface area (Å²) in [6, 6.07) is 12.0. The Bertz CT molecular complexity index is 1100. The van der Waals surface area contributed by atoms with Crippen molar-refractivity contribution in [2.24, 2.45) is 5.10 Å². The van der Waals surface area contributed by atoms with E-state index in [-0.39, 0.29) is 18.1 Å². The van der Waals surface area contributed by atoms with Crippen LogP contribution in [0.1, 0.15) is 16.8 Å². The van der Waals surface area contributed by atoms with E-state index >= 15 is 0 Å². The molecule has 0 amide bonds. The molecule has 1 heterocycles. The molecule has 3 rings (SSSR count). The number of halogens is 2. The van der Waals surface area contributed by atoms with E-state index in [2.05, 4.69) is 20.5 Å². The second-order valence-electron chi connectivity index (χ2n) is 6.04. The van der Waals surface area contributed by atoms with Crippen LogP contribution in [-0.4, -0.2) is 23.3 Å². The highest BCUT2D eigenvalue weighted by molar-refractivity contribution is 6.35. The van der Waals surface area contributed by atoms with E-state index in [0.29, 0.717) is 27.2 Å². The van der Waals surface area contributed by atoms with Crippen LogP contribution >= 0.6 is 23.2 Å². The van der Waals surface area contributed by atoms with Crippen molar-refractivity contribution in [3.8, 4) is 11.5 Å². The molecule has 0 spiro atoms. The van der Waals surface area contributed by atoms with Gasteiger partial charge in [0.1, 0.15) is 6.61 Å². The van der Waals surface area contributed by atoms with E-state index < -0.39 is 0 Å².